The number of carboxylic acids is 1. The van der Waals surface area contributed by atoms with Crippen LogP contribution in [0.4, 0.5) is 0 Å². The third-order valence-electron chi connectivity index (χ3n) is 2.14. The standard InChI is InChI=1S/C7H14N2O3/c1-9-2-3-12-4-5(9)6(8)7(10)11/h5-6H,2-4,8H2,1H3,(H,10,11). The van der Waals surface area contributed by atoms with Gasteiger partial charge in [0.05, 0.1) is 19.3 Å². The molecule has 0 aromatic carbocycles. The van der Waals surface area contributed by atoms with Crippen molar-refractivity contribution in [2.75, 3.05) is 26.8 Å². The number of nitrogens with zero attached hydrogens (tertiary/aromatic N) is 1. The molecule has 5 heteroatoms. The van der Waals surface area contributed by atoms with Crippen molar-refractivity contribution in [1.82, 2.24) is 4.90 Å². The van der Waals surface area contributed by atoms with Gasteiger partial charge < -0.3 is 15.6 Å². The second kappa shape index (κ2) is 3.84. The maximum absolute atomic E-state index is 10.5. The first-order valence-electron chi connectivity index (χ1n) is 3.89. The molecule has 1 heterocycles. The minimum atomic E-state index is -0.975. The molecular formula is C7H14N2O3. The van der Waals surface area contributed by atoms with Crippen LogP contribution in [0.2, 0.25) is 0 Å². The molecule has 2 atom stereocenters. The first kappa shape index (κ1) is 9.44. The summed E-state index contributed by atoms with van der Waals surface area (Å²) >= 11 is 0. The molecule has 0 radical (unpaired) electrons. The zero-order chi connectivity index (χ0) is 9.14. The molecule has 0 saturated carbocycles. The number of rotatable bonds is 2. The van der Waals surface area contributed by atoms with Crippen LogP contribution in [0.3, 0.4) is 0 Å². The average Bonchev–Trinajstić information content (AvgIpc) is 2.04. The van der Waals surface area contributed by atoms with Gasteiger partial charge in [0.15, 0.2) is 0 Å². The molecule has 5 nitrogen and oxygen atoms in total. The fraction of sp³-hybridized carbons (Fsp3) is 0.857. The van der Waals surface area contributed by atoms with Crippen molar-refractivity contribution < 1.29 is 14.6 Å². The Balaban J connectivity index is 2.53. The van der Waals surface area contributed by atoms with Crippen LogP contribution in [0.1, 0.15) is 0 Å². The van der Waals surface area contributed by atoms with E-state index >= 15 is 0 Å². The summed E-state index contributed by atoms with van der Waals surface area (Å²) in [6.07, 6.45) is 0. The van der Waals surface area contributed by atoms with Crippen LogP contribution in [0.15, 0.2) is 0 Å². The van der Waals surface area contributed by atoms with Gasteiger partial charge in [-0.1, -0.05) is 0 Å². The van der Waals surface area contributed by atoms with Crippen molar-refractivity contribution in [2.45, 2.75) is 12.1 Å². The van der Waals surface area contributed by atoms with Crippen LogP contribution in [0, 0.1) is 0 Å². The van der Waals surface area contributed by atoms with Crippen LogP contribution < -0.4 is 5.73 Å². The summed E-state index contributed by atoms with van der Waals surface area (Å²) in [4.78, 5) is 12.5. The SMILES string of the molecule is CN1CCOCC1C(N)C(=O)O. The van der Waals surface area contributed by atoms with E-state index in [9.17, 15) is 4.79 Å². The third-order valence-corrected chi connectivity index (χ3v) is 2.14. The molecule has 1 aliphatic rings. The number of morpholine rings is 1. The predicted octanol–water partition coefficient (Wildman–Crippen LogP) is -1.27. The van der Waals surface area contributed by atoms with Gasteiger partial charge in [-0.25, -0.2) is 0 Å². The van der Waals surface area contributed by atoms with Crippen molar-refractivity contribution in [1.29, 1.82) is 0 Å². The van der Waals surface area contributed by atoms with E-state index in [2.05, 4.69) is 0 Å². The minimum Gasteiger partial charge on any atom is -0.480 e. The van der Waals surface area contributed by atoms with Crippen molar-refractivity contribution >= 4 is 5.97 Å². The number of carboxylic acid groups (broad SMARTS) is 1. The monoisotopic (exact) mass is 174 g/mol. The Labute approximate surface area is 71.1 Å². The zero-order valence-electron chi connectivity index (χ0n) is 7.06. The van der Waals surface area contributed by atoms with E-state index in [0.717, 1.165) is 6.54 Å². The number of nitrogens with two attached hydrogens (primary N) is 1. The van der Waals surface area contributed by atoms with Crippen LogP contribution in [-0.4, -0.2) is 54.9 Å². The molecule has 1 aliphatic heterocycles. The van der Waals surface area contributed by atoms with Gasteiger partial charge in [0.25, 0.3) is 0 Å². The Bertz CT molecular complexity index is 174. The van der Waals surface area contributed by atoms with E-state index in [-0.39, 0.29) is 6.04 Å². The summed E-state index contributed by atoms with van der Waals surface area (Å²) in [6.45, 7) is 1.80. The number of ether oxygens (including phenoxy) is 1. The van der Waals surface area contributed by atoms with Crippen molar-refractivity contribution in [3.63, 3.8) is 0 Å². The number of aliphatic carboxylic acids is 1. The largest absolute Gasteiger partial charge is 0.480 e. The number of hydrogen-bond acceptors (Lipinski definition) is 4. The van der Waals surface area contributed by atoms with E-state index in [1.54, 1.807) is 0 Å². The summed E-state index contributed by atoms with van der Waals surface area (Å²) in [5.41, 5.74) is 5.46. The highest BCUT2D eigenvalue weighted by Gasteiger charge is 2.30. The van der Waals surface area contributed by atoms with Crippen molar-refractivity contribution in [2.24, 2.45) is 5.73 Å². The molecule has 0 aromatic heterocycles. The van der Waals surface area contributed by atoms with Crippen LogP contribution >= 0.6 is 0 Å². The van der Waals surface area contributed by atoms with E-state index in [1.807, 2.05) is 11.9 Å². The second-order valence-corrected chi connectivity index (χ2v) is 2.99. The lowest BCUT2D eigenvalue weighted by atomic mass is 10.1. The fourth-order valence-electron chi connectivity index (χ4n) is 1.25. The molecular weight excluding hydrogens is 160 g/mol. The Morgan fingerprint density at radius 1 is 1.83 bits per heavy atom. The predicted molar refractivity (Wildman–Crippen MR) is 42.8 cm³/mol. The summed E-state index contributed by atoms with van der Waals surface area (Å²) in [5, 5.41) is 8.64. The fourth-order valence-corrected chi connectivity index (χ4v) is 1.25. The lowest BCUT2D eigenvalue weighted by molar-refractivity contribution is -0.142. The first-order valence-corrected chi connectivity index (χ1v) is 3.89. The highest BCUT2D eigenvalue weighted by atomic mass is 16.5. The molecule has 0 amide bonds. The summed E-state index contributed by atoms with van der Waals surface area (Å²) in [7, 11) is 1.86. The Morgan fingerprint density at radius 3 is 3.00 bits per heavy atom. The quantitative estimate of drug-likeness (QED) is 0.546. The molecule has 70 valence electrons. The van der Waals surface area contributed by atoms with Crippen LogP contribution in [-0.2, 0) is 9.53 Å². The molecule has 3 N–H and O–H groups in total. The topological polar surface area (TPSA) is 75.8 Å². The van der Waals surface area contributed by atoms with Gasteiger partial charge in [-0.3, -0.25) is 9.69 Å². The second-order valence-electron chi connectivity index (χ2n) is 2.99. The van der Waals surface area contributed by atoms with Gasteiger partial charge in [0.1, 0.15) is 6.04 Å². The van der Waals surface area contributed by atoms with Gasteiger partial charge in [0, 0.05) is 6.54 Å². The summed E-state index contributed by atoms with van der Waals surface area (Å²) < 4.78 is 5.14. The molecule has 0 spiro atoms. The molecule has 1 saturated heterocycles. The zero-order valence-corrected chi connectivity index (χ0v) is 7.06. The summed E-state index contributed by atoms with van der Waals surface area (Å²) in [5.74, 6) is -0.975. The minimum absolute atomic E-state index is 0.198. The van der Waals surface area contributed by atoms with Crippen LogP contribution in [0.25, 0.3) is 0 Å². The normalized spacial score (nSPS) is 28.3. The smallest absolute Gasteiger partial charge is 0.322 e. The Hall–Kier alpha value is -0.650. The first-order chi connectivity index (χ1) is 5.63. The molecule has 2 unspecified atom stereocenters. The molecule has 0 bridgehead atoms. The van der Waals surface area contributed by atoms with E-state index in [4.69, 9.17) is 15.6 Å². The lowest BCUT2D eigenvalue weighted by Crippen LogP contribution is -2.56. The van der Waals surface area contributed by atoms with Gasteiger partial charge in [-0.05, 0) is 7.05 Å². The highest BCUT2D eigenvalue weighted by Crippen LogP contribution is 2.06. The number of likely N-dealkylation sites (N-methyl/N-ethyl adjacent to an activating group) is 1. The van der Waals surface area contributed by atoms with Crippen molar-refractivity contribution in [3.8, 4) is 0 Å². The third kappa shape index (κ3) is 1.94. The Morgan fingerprint density at radius 2 is 2.50 bits per heavy atom. The average molecular weight is 174 g/mol. The molecule has 0 aromatic rings. The summed E-state index contributed by atoms with van der Waals surface area (Å²) in [6, 6.07) is -1.05. The number of hydrogen-bond donors (Lipinski definition) is 2. The maximum Gasteiger partial charge on any atom is 0.322 e. The molecule has 0 aliphatic carbocycles. The Kier molecular flexibility index (Phi) is 3.02. The van der Waals surface area contributed by atoms with E-state index < -0.39 is 12.0 Å². The van der Waals surface area contributed by atoms with Crippen molar-refractivity contribution in [3.05, 3.63) is 0 Å². The molecule has 12 heavy (non-hydrogen) atoms. The molecule has 1 fully saturated rings. The molecule has 1 rings (SSSR count). The van der Waals surface area contributed by atoms with E-state index in [1.165, 1.54) is 0 Å². The highest BCUT2D eigenvalue weighted by molar-refractivity contribution is 5.74. The lowest BCUT2D eigenvalue weighted by Gasteiger charge is -2.34. The maximum atomic E-state index is 10.5. The van der Waals surface area contributed by atoms with Gasteiger partial charge >= 0.3 is 5.97 Å². The van der Waals surface area contributed by atoms with Gasteiger partial charge in [0.2, 0.25) is 0 Å². The van der Waals surface area contributed by atoms with E-state index in [0.29, 0.717) is 13.2 Å². The van der Waals surface area contributed by atoms with Gasteiger partial charge in [-0.2, -0.15) is 0 Å². The van der Waals surface area contributed by atoms with Gasteiger partial charge in [-0.15, -0.1) is 0 Å². The number of carbonyl (C=O) groups is 1. The van der Waals surface area contributed by atoms with Crippen LogP contribution in [0.5, 0.6) is 0 Å².